The van der Waals surface area contributed by atoms with Crippen LogP contribution in [0.2, 0.25) is 0 Å². The van der Waals surface area contributed by atoms with Crippen molar-refractivity contribution in [2.75, 3.05) is 0 Å². The largest absolute Gasteiger partial charge is 0.417 e. The van der Waals surface area contributed by atoms with Gasteiger partial charge in [-0.2, -0.15) is 52.7 Å². The zero-order valence-corrected chi connectivity index (χ0v) is 39.6. The van der Waals surface area contributed by atoms with E-state index in [0.717, 1.165) is 24.3 Å². The molecule has 0 unspecified atom stereocenters. The smallest absolute Gasteiger partial charge is 0.310 e. The first kappa shape index (κ1) is 49.9. The molecule has 2 aromatic heterocycles. The summed E-state index contributed by atoms with van der Waals surface area (Å²) < 4.78 is 174. The third-order valence-electron chi connectivity index (χ3n) is 13.7. The van der Waals surface area contributed by atoms with Crippen molar-refractivity contribution in [2.24, 2.45) is 0 Å². The summed E-state index contributed by atoms with van der Waals surface area (Å²) in [6.45, 7) is 18.1. The van der Waals surface area contributed by atoms with E-state index in [0.29, 0.717) is 72.2 Å². The SMILES string of the molecule is [C-]#[N+]c1cc(C(F)(F)F)ccc1-c1ccc(-n2c3ccccc3c3cc(-c4ccc(C)cc4C(F)(F)F)ccc32)c(-c2c([N+]#[C-])cccc2-n2c3ccccc3c3cc(-c4ccc(C(F)(F)F)cc4C(F)(F)F)ccc32)c1. The van der Waals surface area contributed by atoms with Crippen LogP contribution in [0.25, 0.3) is 109 Å². The highest BCUT2D eigenvalue weighted by molar-refractivity contribution is 6.13. The van der Waals surface area contributed by atoms with E-state index in [2.05, 4.69) is 9.69 Å². The number of hydrogen-bond donors (Lipinski definition) is 0. The fourth-order valence-corrected chi connectivity index (χ4v) is 10.4. The summed E-state index contributed by atoms with van der Waals surface area (Å²) in [5.41, 5.74) is -1.24. The maximum Gasteiger partial charge on any atom is 0.417 e. The number of alkyl halides is 12. The number of halogens is 12. The average Bonchev–Trinajstić information content (AvgIpc) is 3.93. The molecule has 77 heavy (non-hydrogen) atoms. The molecule has 0 fully saturated rings. The van der Waals surface area contributed by atoms with Gasteiger partial charge in [-0.3, -0.25) is 0 Å². The molecule has 0 amide bonds. The second kappa shape index (κ2) is 17.9. The molecule has 0 aliphatic heterocycles. The lowest BCUT2D eigenvalue weighted by molar-refractivity contribution is -0.143. The van der Waals surface area contributed by atoms with E-state index in [1.807, 2.05) is 10.6 Å². The van der Waals surface area contributed by atoms with Crippen LogP contribution in [-0.4, -0.2) is 9.13 Å². The molecule has 0 aliphatic rings. The van der Waals surface area contributed by atoms with Crippen molar-refractivity contribution in [3.8, 4) is 55.9 Å². The van der Waals surface area contributed by atoms with E-state index < -0.39 is 52.5 Å². The van der Waals surface area contributed by atoms with Gasteiger partial charge in [0, 0.05) is 38.4 Å². The Hall–Kier alpha value is -9.28. The van der Waals surface area contributed by atoms with Crippen LogP contribution in [0, 0.1) is 20.1 Å². The third-order valence-corrected chi connectivity index (χ3v) is 13.7. The van der Waals surface area contributed by atoms with Crippen LogP contribution in [-0.2, 0) is 24.7 Å². The summed E-state index contributed by atoms with van der Waals surface area (Å²) in [4.78, 5) is 7.43. The molecular formula is C61H32F12N4. The molecule has 0 N–H and O–H groups in total. The zero-order valence-electron chi connectivity index (χ0n) is 39.6. The second-order valence-corrected chi connectivity index (χ2v) is 18.3. The Balaban J connectivity index is 1.21. The summed E-state index contributed by atoms with van der Waals surface area (Å²) >= 11 is 0. The van der Waals surface area contributed by atoms with Crippen LogP contribution in [0.3, 0.4) is 0 Å². The predicted octanol–water partition coefficient (Wildman–Crippen LogP) is 20.0. The fraction of sp³-hybridized carbons (Fsp3) is 0.0820. The molecule has 380 valence electrons. The number of aromatic nitrogens is 2. The molecule has 11 rings (SSSR count). The zero-order chi connectivity index (χ0) is 54.5. The number of fused-ring (bicyclic) bond motifs is 6. The summed E-state index contributed by atoms with van der Waals surface area (Å²) in [5.74, 6) is 0. The lowest BCUT2D eigenvalue weighted by Gasteiger charge is -2.21. The first-order valence-corrected chi connectivity index (χ1v) is 23.3. The average molecular weight is 1050 g/mol. The van der Waals surface area contributed by atoms with Gasteiger partial charge in [0.1, 0.15) is 0 Å². The molecule has 9 aromatic carbocycles. The number of nitrogens with zero attached hydrogens (tertiary/aromatic N) is 4. The highest BCUT2D eigenvalue weighted by Gasteiger charge is 2.39. The molecule has 16 heteroatoms. The highest BCUT2D eigenvalue weighted by Crippen LogP contribution is 2.49. The standard InChI is InChI=1S/C61H32F12N4/c1-33-15-21-39(47(27-33)60(68,69)70)34-16-24-53-44(28-34)42-9-4-6-12-51(42)76(53)55-26-18-36(41-23-20-38(59(65,66)67)32-50(41)75-3)30-46(55)57-49(74-2)11-8-14-56(57)77-52-13-7-5-10-43(52)45-29-35(17-25-54(45)77)40-22-19-37(58(62,63)64)31-48(40)61(71,72)73/h4-32H,1H3. The van der Waals surface area contributed by atoms with Crippen molar-refractivity contribution in [1.82, 2.24) is 9.13 Å². The van der Waals surface area contributed by atoms with Gasteiger partial charge in [0.15, 0.2) is 11.4 Å². The highest BCUT2D eigenvalue weighted by atomic mass is 19.4. The maximum absolute atomic E-state index is 14.6. The van der Waals surface area contributed by atoms with Crippen molar-refractivity contribution in [1.29, 1.82) is 0 Å². The van der Waals surface area contributed by atoms with E-state index in [4.69, 9.17) is 13.1 Å². The van der Waals surface area contributed by atoms with Gasteiger partial charge in [0.2, 0.25) is 0 Å². The van der Waals surface area contributed by atoms with Gasteiger partial charge < -0.3 is 9.13 Å². The van der Waals surface area contributed by atoms with E-state index in [9.17, 15) is 52.7 Å². The Labute approximate surface area is 429 Å². The summed E-state index contributed by atoms with van der Waals surface area (Å²) in [6, 6.07) is 41.4. The van der Waals surface area contributed by atoms with Gasteiger partial charge >= 0.3 is 24.7 Å². The Morgan fingerprint density at radius 2 is 0.818 bits per heavy atom. The van der Waals surface area contributed by atoms with Gasteiger partial charge in [-0.25, -0.2) is 9.69 Å². The van der Waals surface area contributed by atoms with Crippen LogP contribution in [0.5, 0.6) is 0 Å². The Morgan fingerprint density at radius 1 is 0.351 bits per heavy atom. The van der Waals surface area contributed by atoms with Crippen molar-refractivity contribution < 1.29 is 52.7 Å². The molecule has 0 aliphatic carbocycles. The minimum absolute atomic E-state index is 0.0368. The monoisotopic (exact) mass is 1050 g/mol. The minimum atomic E-state index is -5.17. The molecule has 0 radical (unpaired) electrons. The van der Waals surface area contributed by atoms with E-state index in [1.54, 1.807) is 115 Å². The molecule has 0 spiro atoms. The third kappa shape index (κ3) is 8.56. The molecule has 4 nitrogen and oxygen atoms in total. The summed E-state index contributed by atoms with van der Waals surface area (Å²) in [6.07, 6.45) is -19.7. The molecular weight excluding hydrogens is 1020 g/mol. The molecule has 0 saturated carbocycles. The molecule has 11 aromatic rings. The van der Waals surface area contributed by atoms with Crippen molar-refractivity contribution >= 4 is 55.0 Å². The van der Waals surface area contributed by atoms with E-state index >= 15 is 0 Å². The lowest BCUT2D eigenvalue weighted by atomic mass is 9.93. The first-order valence-electron chi connectivity index (χ1n) is 23.3. The molecule has 2 heterocycles. The number of aryl methyl sites for hydroxylation is 1. The van der Waals surface area contributed by atoms with Gasteiger partial charge in [-0.05, 0) is 125 Å². The van der Waals surface area contributed by atoms with Crippen LogP contribution >= 0.6 is 0 Å². The topological polar surface area (TPSA) is 18.6 Å². The number of rotatable bonds is 6. The van der Waals surface area contributed by atoms with Crippen LogP contribution in [0.1, 0.15) is 27.8 Å². The second-order valence-electron chi connectivity index (χ2n) is 18.3. The van der Waals surface area contributed by atoms with Gasteiger partial charge in [0.25, 0.3) is 0 Å². The van der Waals surface area contributed by atoms with E-state index in [-0.39, 0.29) is 50.8 Å². The Kier molecular flexibility index (Phi) is 11.6. The van der Waals surface area contributed by atoms with Crippen molar-refractivity contribution in [3.63, 3.8) is 0 Å². The lowest BCUT2D eigenvalue weighted by Crippen LogP contribution is -2.12. The number of hydrogen-bond acceptors (Lipinski definition) is 0. The van der Waals surface area contributed by atoms with E-state index in [1.165, 1.54) is 30.3 Å². The molecule has 0 saturated heterocycles. The predicted molar refractivity (Wildman–Crippen MR) is 274 cm³/mol. The van der Waals surface area contributed by atoms with Crippen molar-refractivity contribution in [3.05, 3.63) is 227 Å². The summed E-state index contributed by atoms with van der Waals surface area (Å²) in [7, 11) is 0. The number of para-hydroxylation sites is 2. The van der Waals surface area contributed by atoms with Crippen LogP contribution in [0.15, 0.2) is 176 Å². The van der Waals surface area contributed by atoms with Crippen molar-refractivity contribution in [2.45, 2.75) is 31.6 Å². The normalized spacial score (nSPS) is 12.5. The molecule has 0 bridgehead atoms. The van der Waals surface area contributed by atoms with Gasteiger partial charge in [-0.15, -0.1) is 0 Å². The minimum Gasteiger partial charge on any atom is -0.310 e. The molecule has 0 atom stereocenters. The van der Waals surface area contributed by atoms with Crippen LogP contribution in [0.4, 0.5) is 64.1 Å². The Morgan fingerprint density at radius 3 is 1.36 bits per heavy atom. The summed E-state index contributed by atoms with van der Waals surface area (Å²) in [5, 5.41) is 2.10. The van der Waals surface area contributed by atoms with Gasteiger partial charge in [-0.1, -0.05) is 103 Å². The Bertz CT molecular complexity index is 4330. The fourth-order valence-electron chi connectivity index (χ4n) is 10.4. The first-order chi connectivity index (χ1) is 36.5. The number of benzene rings is 9. The quantitative estimate of drug-likeness (QED) is 0.117. The van der Waals surface area contributed by atoms with Gasteiger partial charge in [0.05, 0.1) is 57.6 Å². The van der Waals surface area contributed by atoms with Crippen LogP contribution < -0.4 is 0 Å². The maximum atomic E-state index is 14.6.